The maximum Gasteiger partial charge on any atom is 0.410 e. The Labute approximate surface area is 142 Å². The molecule has 4 heteroatoms. The Morgan fingerprint density at radius 1 is 1.26 bits per heavy atom. The minimum atomic E-state index is -0.406. The van der Waals surface area contributed by atoms with Gasteiger partial charge in [0.25, 0.3) is 0 Å². The van der Waals surface area contributed by atoms with E-state index < -0.39 is 5.60 Å². The number of nitrogens with one attached hydrogen (secondary N) is 1. The normalized spacial score (nSPS) is 23.7. The largest absolute Gasteiger partial charge is 0.444 e. The molecule has 1 saturated heterocycles. The Morgan fingerprint density at radius 3 is 2.57 bits per heavy atom. The van der Waals surface area contributed by atoms with Gasteiger partial charge in [-0.25, -0.2) is 4.79 Å². The van der Waals surface area contributed by atoms with Crippen molar-refractivity contribution in [1.29, 1.82) is 0 Å². The third-order valence-electron chi connectivity index (χ3n) is 5.26. The van der Waals surface area contributed by atoms with Crippen LogP contribution in [0, 0.1) is 0 Å². The summed E-state index contributed by atoms with van der Waals surface area (Å²) in [6, 6.07) is 0.565. The molecule has 2 rings (SSSR count). The van der Waals surface area contributed by atoms with Crippen molar-refractivity contribution < 1.29 is 9.53 Å². The first-order chi connectivity index (χ1) is 10.9. The molecule has 134 valence electrons. The smallest absolute Gasteiger partial charge is 0.410 e. The monoisotopic (exact) mass is 324 g/mol. The Bertz CT molecular complexity index is 385. The third kappa shape index (κ3) is 5.10. The van der Waals surface area contributed by atoms with Crippen molar-refractivity contribution in [2.24, 2.45) is 0 Å². The highest BCUT2D eigenvalue weighted by Gasteiger charge is 2.49. The van der Waals surface area contributed by atoms with Crippen molar-refractivity contribution in [3.05, 3.63) is 0 Å². The topological polar surface area (TPSA) is 41.6 Å². The number of unbranched alkanes of at least 4 members (excludes halogenated alkanes) is 3. The molecule has 1 heterocycles. The van der Waals surface area contributed by atoms with Gasteiger partial charge >= 0.3 is 6.09 Å². The summed E-state index contributed by atoms with van der Waals surface area (Å²) in [5, 5.41) is 3.73. The zero-order valence-corrected chi connectivity index (χ0v) is 15.6. The molecular formula is C19H36N2O2. The number of ether oxygens (including phenoxy) is 1. The Balaban J connectivity index is 1.83. The second kappa shape index (κ2) is 7.87. The SMILES string of the molecule is CCCCCCNC1CCN(C(=O)OC(C)(C)C)C2(CCC2)C1. The lowest BCUT2D eigenvalue weighted by molar-refractivity contribution is -0.0492. The molecule has 1 saturated carbocycles. The average Bonchev–Trinajstić information content (AvgIpc) is 2.43. The van der Waals surface area contributed by atoms with Gasteiger partial charge in [0.1, 0.15) is 5.60 Å². The zero-order valence-electron chi connectivity index (χ0n) is 15.6. The van der Waals surface area contributed by atoms with Crippen LogP contribution in [0.4, 0.5) is 4.79 Å². The third-order valence-corrected chi connectivity index (χ3v) is 5.26. The van der Waals surface area contributed by atoms with Crippen LogP contribution in [-0.2, 0) is 4.74 Å². The fraction of sp³-hybridized carbons (Fsp3) is 0.947. The van der Waals surface area contributed by atoms with Gasteiger partial charge in [-0.2, -0.15) is 0 Å². The Morgan fingerprint density at radius 2 is 2.00 bits per heavy atom. The van der Waals surface area contributed by atoms with E-state index in [9.17, 15) is 4.79 Å². The van der Waals surface area contributed by atoms with E-state index in [1.54, 1.807) is 0 Å². The fourth-order valence-electron chi connectivity index (χ4n) is 3.89. The molecule has 1 spiro atoms. The van der Waals surface area contributed by atoms with E-state index in [-0.39, 0.29) is 11.6 Å². The van der Waals surface area contributed by atoms with Crippen LogP contribution >= 0.6 is 0 Å². The molecule has 0 radical (unpaired) electrons. The highest BCUT2D eigenvalue weighted by atomic mass is 16.6. The highest BCUT2D eigenvalue weighted by Crippen LogP contribution is 2.45. The average molecular weight is 325 g/mol. The number of hydrogen-bond donors (Lipinski definition) is 1. The van der Waals surface area contributed by atoms with Crippen molar-refractivity contribution in [2.45, 2.75) is 103 Å². The molecule has 23 heavy (non-hydrogen) atoms. The second-order valence-corrected chi connectivity index (χ2v) is 8.41. The second-order valence-electron chi connectivity index (χ2n) is 8.41. The van der Waals surface area contributed by atoms with Crippen LogP contribution < -0.4 is 5.32 Å². The van der Waals surface area contributed by atoms with Crippen molar-refractivity contribution in [3.63, 3.8) is 0 Å². The first-order valence-electron chi connectivity index (χ1n) is 9.60. The zero-order chi connectivity index (χ0) is 16.9. The minimum absolute atomic E-state index is 0.0711. The number of hydrogen-bond acceptors (Lipinski definition) is 3. The van der Waals surface area contributed by atoms with Gasteiger partial charge in [0.05, 0.1) is 0 Å². The lowest BCUT2D eigenvalue weighted by atomic mass is 9.69. The Kier molecular flexibility index (Phi) is 6.35. The lowest BCUT2D eigenvalue weighted by Crippen LogP contribution is -2.63. The van der Waals surface area contributed by atoms with Gasteiger partial charge in [0.2, 0.25) is 0 Å². The molecule has 0 aromatic carbocycles. The molecule has 2 fully saturated rings. The van der Waals surface area contributed by atoms with E-state index in [4.69, 9.17) is 4.74 Å². The number of likely N-dealkylation sites (tertiary alicyclic amines) is 1. The van der Waals surface area contributed by atoms with Crippen molar-refractivity contribution >= 4 is 6.09 Å². The van der Waals surface area contributed by atoms with E-state index in [0.717, 1.165) is 38.8 Å². The molecule has 0 bridgehead atoms. The van der Waals surface area contributed by atoms with Gasteiger partial charge in [-0.05, 0) is 65.8 Å². The van der Waals surface area contributed by atoms with Gasteiger partial charge in [-0.15, -0.1) is 0 Å². The van der Waals surface area contributed by atoms with E-state index in [1.165, 1.54) is 32.1 Å². The summed E-state index contributed by atoms with van der Waals surface area (Å²) < 4.78 is 5.64. The first-order valence-corrected chi connectivity index (χ1v) is 9.60. The summed E-state index contributed by atoms with van der Waals surface area (Å²) in [5.41, 5.74) is -0.335. The van der Waals surface area contributed by atoms with Crippen LogP contribution in [-0.4, -0.2) is 41.3 Å². The molecule has 1 aliphatic heterocycles. The van der Waals surface area contributed by atoms with Crippen molar-refractivity contribution in [3.8, 4) is 0 Å². The number of amides is 1. The standard InChI is InChI=1S/C19H36N2O2/c1-5-6-7-8-13-20-16-10-14-21(17(22)23-18(2,3)4)19(15-16)11-9-12-19/h16,20H,5-15H2,1-4H3. The Hall–Kier alpha value is -0.770. The van der Waals surface area contributed by atoms with Gasteiger partial charge in [0, 0.05) is 18.1 Å². The van der Waals surface area contributed by atoms with Crippen LogP contribution in [0.5, 0.6) is 0 Å². The van der Waals surface area contributed by atoms with E-state index in [0.29, 0.717) is 6.04 Å². The first kappa shape index (κ1) is 18.6. The van der Waals surface area contributed by atoms with E-state index in [2.05, 4.69) is 12.2 Å². The number of carbonyl (C=O) groups excluding carboxylic acids is 1. The summed E-state index contributed by atoms with van der Waals surface area (Å²) in [4.78, 5) is 14.6. The molecule has 1 N–H and O–H groups in total. The lowest BCUT2D eigenvalue weighted by Gasteiger charge is -2.54. The van der Waals surface area contributed by atoms with Crippen LogP contribution in [0.25, 0.3) is 0 Å². The van der Waals surface area contributed by atoms with E-state index in [1.807, 2.05) is 25.7 Å². The van der Waals surface area contributed by atoms with Crippen LogP contribution in [0.15, 0.2) is 0 Å². The van der Waals surface area contributed by atoms with Gasteiger partial charge in [-0.1, -0.05) is 26.2 Å². The van der Waals surface area contributed by atoms with Gasteiger partial charge in [0.15, 0.2) is 0 Å². The van der Waals surface area contributed by atoms with Gasteiger partial charge in [-0.3, -0.25) is 0 Å². The predicted molar refractivity (Wildman–Crippen MR) is 94.7 cm³/mol. The molecule has 1 unspecified atom stereocenters. The van der Waals surface area contributed by atoms with Crippen LogP contribution in [0.2, 0.25) is 0 Å². The molecule has 1 aliphatic carbocycles. The molecular weight excluding hydrogens is 288 g/mol. The maximum absolute atomic E-state index is 12.5. The molecule has 0 aromatic heterocycles. The molecule has 1 amide bonds. The summed E-state index contributed by atoms with van der Waals surface area (Å²) in [6.45, 7) is 10.0. The molecule has 4 nitrogen and oxygen atoms in total. The minimum Gasteiger partial charge on any atom is -0.444 e. The van der Waals surface area contributed by atoms with E-state index >= 15 is 0 Å². The van der Waals surface area contributed by atoms with Crippen LogP contribution in [0.3, 0.4) is 0 Å². The maximum atomic E-state index is 12.5. The van der Waals surface area contributed by atoms with Crippen LogP contribution in [0.1, 0.15) is 85.5 Å². The summed E-state index contributed by atoms with van der Waals surface area (Å²) in [7, 11) is 0. The predicted octanol–water partition coefficient (Wildman–Crippen LogP) is 4.48. The van der Waals surface area contributed by atoms with Crippen molar-refractivity contribution in [2.75, 3.05) is 13.1 Å². The molecule has 0 aromatic rings. The quantitative estimate of drug-likeness (QED) is 0.733. The number of piperidine rings is 1. The molecule has 1 atom stereocenters. The number of nitrogens with zero attached hydrogens (tertiary/aromatic N) is 1. The highest BCUT2D eigenvalue weighted by molar-refractivity contribution is 5.69. The summed E-state index contributed by atoms with van der Waals surface area (Å²) in [6.07, 6.45) is 10.8. The summed E-state index contributed by atoms with van der Waals surface area (Å²) in [5.74, 6) is 0. The van der Waals surface area contributed by atoms with Crippen molar-refractivity contribution in [1.82, 2.24) is 10.2 Å². The summed E-state index contributed by atoms with van der Waals surface area (Å²) >= 11 is 0. The number of rotatable bonds is 6. The fourth-order valence-corrected chi connectivity index (χ4v) is 3.89. The number of carbonyl (C=O) groups is 1. The molecule has 2 aliphatic rings. The van der Waals surface area contributed by atoms with Gasteiger partial charge < -0.3 is 15.0 Å².